The monoisotopic (exact) mass is 341 g/mol. The molecule has 0 aliphatic heterocycles. The maximum atomic E-state index is 6.09. The second kappa shape index (κ2) is 5.65. The summed E-state index contributed by atoms with van der Waals surface area (Å²) in [5.74, 6) is 0. The number of nitrogens with one attached hydrogen (secondary N) is 1. The molecule has 2 aromatic rings. The predicted octanol–water partition coefficient (Wildman–Crippen LogP) is 4.18. The molecule has 1 aromatic heterocycles. The normalized spacial score (nSPS) is 11.8. The van der Waals surface area contributed by atoms with Crippen LogP contribution in [0.3, 0.4) is 0 Å². The highest BCUT2D eigenvalue weighted by atomic mass is 79.9. The first-order chi connectivity index (χ1) is 8.85. The lowest BCUT2D eigenvalue weighted by atomic mass is 10.1. The van der Waals surface area contributed by atoms with E-state index in [9.17, 15) is 0 Å². The number of benzene rings is 1. The van der Waals surface area contributed by atoms with E-state index in [1.54, 1.807) is 6.20 Å². The van der Waals surface area contributed by atoms with Crippen LogP contribution in [-0.4, -0.2) is 15.3 Å². The molecular formula is C14H17BrClN3. The Morgan fingerprint density at radius 2 is 2.11 bits per heavy atom. The molecule has 0 unspecified atom stereocenters. The minimum absolute atomic E-state index is 0.0598. The van der Waals surface area contributed by atoms with Crippen molar-refractivity contribution >= 4 is 27.5 Å². The fourth-order valence-electron chi connectivity index (χ4n) is 1.71. The van der Waals surface area contributed by atoms with Crippen LogP contribution in [0.2, 0.25) is 5.02 Å². The Morgan fingerprint density at radius 3 is 2.68 bits per heavy atom. The van der Waals surface area contributed by atoms with E-state index < -0.39 is 0 Å². The van der Waals surface area contributed by atoms with Crippen molar-refractivity contribution in [2.45, 2.75) is 32.9 Å². The van der Waals surface area contributed by atoms with Crippen LogP contribution in [0.25, 0.3) is 5.69 Å². The molecule has 5 heteroatoms. The molecule has 1 heterocycles. The predicted molar refractivity (Wildman–Crippen MR) is 82.9 cm³/mol. The van der Waals surface area contributed by atoms with Crippen LogP contribution in [0.1, 0.15) is 26.3 Å². The standard InChI is InChI=1S/C14H17BrClN3/c1-14(2,3)17-7-10-6-12(16)4-5-13(10)19-9-11(15)8-18-19/h4-6,8-9,17H,7H2,1-3H3. The fraction of sp³-hybridized carbons (Fsp3) is 0.357. The Balaban J connectivity index is 2.33. The van der Waals surface area contributed by atoms with Crippen LogP contribution in [-0.2, 0) is 6.54 Å². The smallest absolute Gasteiger partial charge is 0.0691 e. The minimum Gasteiger partial charge on any atom is -0.308 e. The molecule has 19 heavy (non-hydrogen) atoms. The lowest BCUT2D eigenvalue weighted by Gasteiger charge is -2.21. The van der Waals surface area contributed by atoms with Gasteiger partial charge < -0.3 is 5.32 Å². The van der Waals surface area contributed by atoms with E-state index in [-0.39, 0.29) is 5.54 Å². The molecule has 0 radical (unpaired) electrons. The molecule has 102 valence electrons. The molecule has 0 spiro atoms. The quantitative estimate of drug-likeness (QED) is 0.907. The van der Waals surface area contributed by atoms with Gasteiger partial charge in [-0.2, -0.15) is 5.10 Å². The third-order valence-electron chi connectivity index (χ3n) is 2.65. The van der Waals surface area contributed by atoms with Crippen LogP contribution in [0.4, 0.5) is 0 Å². The van der Waals surface area contributed by atoms with Crippen LogP contribution < -0.4 is 5.32 Å². The van der Waals surface area contributed by atoms with Gasteiger partial charge in [0, 0.05) is 23.3 Å². The molecular weight excluding hydrogens is 326 g/mol. The van der Waals surface area contributed by atoms with E-state index in [2.05, 4.69) is 47.1 Å². The van der Waals surface area contributed by atoms with E-state index in [1.165, 1.54) is 0 Å². The molecule has 0 atom stereocenters. The average molecular weight is 343 g/mol. The van der Waals surface area contributed by atoms with E-state index in [4.69, 9.17) is 11.6 Å². The highest BCUT2D eigenvalue weighted by Gasteiger charge is 2.12. The molecule has 0 saturated carbocycles. The maximum Gasteiger partial charge on any atom is 0.0691 e. The lowest BCUT2D eigenvalue weighted by molar-refractivity contribution is 0.424. The first-order valence-corrected chi connectivity index (χ1v) is 7.26. The molecule has 2 rings (SSSR count). The van der Waals surface area contributed by atoms with Gasteiger partial charge in [0.05, 0.1) is 16.4 Å². The molecule has 0 saturated heterocycles. The van der Waals surface area contributed by atoms with Gasteiger partial charge in [0.2, 0.25) is 0 Å². The van der Waals surface area contributed by atoms with E-state index in [0.29, 0.717) is 0 Å². The van der Waals surface area contributed by atoms with Crippen LogP contribution in [0.5, 0.6) is 0 Å². The molecule has 3 nitrogen and oxygen atoms in total. The Hall–Kier alpha value is -0.840. The lowest BCUT2D eigenvalue weighted by Crippen LogP contribution is -2.35. The van der Waals surface area contributed by atoms with Gasteiger partial charge in [-0.15, -0.1) is 0 Å². The van der Waals surface area contributed by atoms with Gasteiger partial charge in [0.25, 0.3) is 0 Å². The number of hydrogen-bond donors (Lipinski definition) is 1. The van der Waals surface area contributed by atoms with Crippen LogP contribution in [0.15, 0.2) is 35.1 Å². The topological polar surface area (TPSA) is 29.9 Å². The van der Waals surface area contributed by atoms with Crippen molar-refractivity contribution in [1.29, 1.82) is 0 Å². The van der Waals surface area contributed by atoms with Crippen molar-refractivity contribution in [2.24, 2.45) is 0 Å². The number of nitrogens with zero attached hydrogens (tertiary/aromatic N) is 2. The van der Waals surface area contributed by atoms with E-state index >= 15 is 0 Å². The van der Waals surface area contributed by atoms with Crippen molar-refractivity contribution in [3.05, 3.63) is 45.7 Å². The van der Waals surface area contributed by atoms with Gasteiger partial charge in [-0.1, -0.05) is 11.6 Å². The minimum atomic E-state index is 0.0598. The Bertz CT molecular complexity index is 572. The molecule has 1 N–H and O–H groups in total. The summed E-state index contributed by atoms with van der Waals surface area (Å²) in [6.45, 7) is 7.17. The Kier molecular flexibility index (Phi) is 4.33. The van der Waals surface area contributed by atoms with Gasteiger partial charge in [-0.05, 0) is 60.5 Å². The Labute approximate surface area is 127 Å². The number of aromatic nitrogens is 2. The van der Waals surface area contributed by atoms with Crippen molar-refractivity contribution < 1.29 is 0 Å². The number of rotatable bonds is 3. The molecule has 0 aliphatic carbocycles. The summed E-state index contributed by atoms with van der Waals surface area (Å²) in [6, 6.07) is 5.85. The molecule has 0 amide bonds. The number of halogens is 2. The third kappa shape index (κ3) is 4.06. The van der Waals surface area contributed by atoms with Gasteiger partial charge in [-0.3, -0.25) is 0 Å². The zero-order valence-corrected chi connectivity index (χ0v) is 13.6. The second-order valence-corrected chi connectivity index (χ2v) is 6.83. The summed E-state index contributed by atoms with van der Waals surface area (Å²) in [5, 5.41) is 8.53. The van der Waals surface area contributed by atoms with Crippen molar-refractivity contribution in [2.75, 3.05) is 0 Å². The van der Waals surface area contributed by atoms with E-state index in [0.717, 1.165) is 27.3 Å². The maximum absolute atomic E-state index is 6.09. The van der Waals surface area contributed by atoms with Crippen LogP contribution >= 0.6 is 27.5 Å². The third-order valence-corrected chi connectivity index (χ3v) is 3.29. The second-order valence-electron chi connectivity index (χ2n) is 5.48. The van der Waals surface area contributed by atoms with Crippen molar-refractivity contribution in [3.8, 4) is 5.69 Å². The van der Waals surface area contributed by atoms with E-state index in [1.807, 2.05) is 29.1 Å². The summed E-state index contributed by atoms with van der Waals surface area (Å²) >= 11 is 9.51. The van der Waals surface area contributed by atoms with Gasteiger partial charge in [0.15, 0.2) is 0 Å². The molecule has 1 aromatic carbocycles. The summed E-state index contributed by atoms with van der Waals surface area (Å²) < 4.78 is 2.80. The zero-order chi connectivity index (χ0) is 14.0. The zero-order valence-electron chi connectivity index (χ0n) is 11.2. The summed E-state index contributed by atoms with van der Waals surface area (Å²) in [4.78, 5) is 0. The summed E-state index contributed by atoms with van der Waals surface area (Å²) in [5.41, 5.74) is 2.22. The van der Waals surface area contributed by atoms with Gasteiger partial charge in [0.1, 0.15) is 0 Å². The first kappa shape index (κ1) is 14.6. The molecule has 0 aliphatic rings. The van der Waals surface area contributed by atoms with Gasteiger partial charge in [-0.25, -0.2) is 4.68 Å². The highest BCUT2D eigenvalue weighted by molar-refractivity contribution is 9.10. The van der Waals surface area contributed by atoms with Gasteiger partial charge >= 0.3 is 0 Å². The SMILES string of the molecule is CC(C)(C)NCc1cc(Cl)ccc1-n1cc(Br)cn1. The number of hydrogen-bond acceptors (Lipinski definition) is 2. The average Bonchev–Trinajstić information content (AvgIpc) is 2.72. The fourth-order valence-corrected chi connectivity index (χ4v) is 2.19. The summed E-state index contributed by atoms with van der Waals surface area (Å²) in [7, 11) is 0. The summed E-state index contributed by atoms with van der Waals surface area (Å²) in [6.07, 6.45) is 3.71. The molecule has 0 bridgehead atoms. The van der Waals surface area contributed by atoms with Crippen molar-refractivity contribution in [1.82, 2.24) is 15.1 Å². The van der Waals surface area contributed by atoms with Crippen LogP contribution in [0, 0.1) is 0 Å². The van der Waals surface area contributed by atoms with Crippen molar-refractivity contribution in [3.63, 3.8) is 0 Å². The largest absolute Gasteiger partial charge is 0.308 e. The highest BCUT2D eigenvalue weighted by Crippen LogP contribution is 2.21. The first-order valence-electron chi connectivity index (χ1n) is 6.09. The molecule has 0 fully saturated rings. The Morgan fingerprint density at radius 1 is 1.37 bits per heavy atom.